The van der Waals surface area contributed by atoms with Crippen LogP contribution in [0.15, 0.2) is 42.9 Å². The highest BCUT2D eigenvalue weighted by atomic mass is 35.5. The first-order valence-corrected chi connectivity index (χ1v) is 6.71. The van der Waals surface area contributed by atoms with Gasteiger partial charge in [-0.25, -0.2) is 15.0 Å². The molecular weight excluding hydrogens is 293 g/mol. The molecule has 21 heavy (non-hydrogen) atoms. The van der Waals surface area contributed by atoms with Crippen molar-refractivity contribution < 1.29 is 4.39 Å². The van der Waals surface area contributed by atoms with Crippen LogP contribution in [0.3, 0.4) is 0 Å². The average Bonchev–Trinajstić information content (AvgIpc) is 2.53. The molecule has 0 saturated carbocycles. The van der Waals surface area contributed by atoms with Crippen molar-refractivity contribution in [3.8, 4) is 0 Å². The first-order valence-electron chi connectivity index (χ1n) is 6.33. The van der Waals surface area contributed by atoms with Crippen LogP contribution in [0.5, 0.6) is 0 Å². The Morgan fingerprint density at radius 1 is 1.24 bits per heavy atom. The van der Waals surface area contributed by atoms with E-state index in [0.717, 1.165) is 6.42 Å². The zero-order valence-corrected chi connectivity index (χ0v) is 11.6. The van der Waals surface area contributed by atoms with Crippen LogP contribution in [0, 0.1) is 5.82 Å². The van der Waals surface area contributed by atoms with Crippen LogP contribution in [0.4, 0.5) is 16.0 Å². The second kappa shape index (κ2) is 5.97. The molecule has 5 nitrogen and oxygen atoms in total. The SMILES string of the molecule is Fc1c(Cl)nc(C2C=CC=CC2)nc1Nc1cnccn1. The summed E-state index contributed by atoms with van der Waals surface area (Å²) < 4.78 is 14.0. The summed E-state index contributed by atoms with van der Waals surface area (Å²) >= 11 is 5.86. The van der Waals surface area contributed by atoms with Gasteiger partial charge < -0.3 is 5.32 Å². The van der Waals surface area contributed by atoms with Crippen LogP contribution in [0.25, 0.3) is 0 Å². The van der Waals surface area contributed by atoms with Crippen molar-refractivity contribution in [3.63, 3.8) is 0 Å². The van der Waals surface area contributed by atoms with Crippen LogP contribution in [-0.4, -0.2) is 19.9 Å². The van der Waals surface area contributed by atoms with E-state index >= 15 is 0 Å². The molecule has 1 atom stereocenters. The molecular formula is C14H11ClFN5. The molecule has 1 aliphatic carbocycles. The van der Waals surface area contributed by atoms with E-state index in [2.05, 4.69) is 25.3 Å². The molecule has 0 aliphatic heterocycles. The highest BCUT2D eigenvalue weighted by molar-refractivity contribution is 6.29. The summed E-state index contributed by atoms with van der Waals surface area (Å²) in [6, 6.07) is 0. The van der Waals surface area contributed by atoms with Gasteiger partial charge in [0.25, 0.3) is 0 Å². The Hall–Kier alpha value is -2.34. The van der Waals surface area contributed by atoms with Crippen LogP contribution < -0.4 is 5.32 Å². The largest absolute Gasteiger partial charge is 0.321 e. The number of nitrogens with one attached hydrogen (secondary N) is 1. The third kappa shape index (κ3) is 3.05. The molecule has 0 spiro atoms. The monoisotopic (exact) mass is 303 g/mol. The van der Waals surface area contributed by atoms with Crippen LogP contribution in [0.2, 0.25) is 5.15 Å². The van der Waals surface area contributed by atoms with Gasteiger partial charge in [-0.2, -0.15) is 4.39 Å². The Morgan fingerprint density at radius 2 is 2.14 bits per heavy atom. The minimum absolute atomic E-state index is 0.00606. The Kier molecular flexibility index (Phi) is 3.87. The number of hydrogen-bond donors (Lipinski definition) is 1. The Labute approximate surface area is 125 Å². The summed E-state index contributed by atoms with van der Waals surface area (Å²) in [7, 11) is 0. The Morgan fingerprint density at radius 3 is 2.86 bits per heavy atom. The lowest BCUT2D eigenvalue weighted by molar-refractivity contribution is 0.610. The molecule has 0 amide bonds. The number of halogens is 2. The van der Waals surface area contributed by atoms with Gasteiger partial charge in [0.05, 0.1) is 6.20 Å². The van der Waals surface area contributed by atoms with E-state index in [-0.39, 0.29) is 16.9 Å². The maximum Gasteiger partial charge on any atom is 0.203 e. The summed E-state index contributed by atoms with van der Waals surface area (Å²) in [6.45, 7) is 0. The molecule has 1 aliphatic rings. The highest BCUT2D eigenvalue weighted by Gasteiger charge is 2.18. The van der Waals surface area contributed by atoms with Crippen molar-refractivity contribution in [1.29, 1.82) is 0 Å². The average molecular weight is 304 g/mol. The summed E-state index contributed by atoms with van der Waals surface area (Å²) in [5, 5.41) is 2.55. The Balaban J connectivity index is 1.94. The summed E-state index contributed by atoms with van der Waals surface area (Å²) in [5.41, 5.74) is 0. The van der Waals surface area contributed by atoms with Crippen molar-refractivity contribution in [3.05, 3.63) is 59.7 Å². The van der Waals surface area contributed by atoms with E-state index in [9.17, 15) is 4.39 Å². The van der Waals surface area contributed by atoms with Crippen LogP contribution in [0.1, 0.15) is 18.2 Å². The molecule has 0 fully saturated rings. The van der Waals surface area contributed by atoms with E-state index in [1.807, 2.05) is 24.3 Å². The standard InChI is InChI=1S/C14H11ClFN5/c15-12-11(16)14(19-10-8-17-6-7-18-10)21-13(20-12)9-4-2-1-3-5-9/h1-4,6-9H,5H2,(H,18,19,20,21). The summed E-state index contributed by atoms with van der Waals surface area (Å²) in [5.74, 6) is 0.120. The summed E-state index contributed by atoms with van der Waals surface area (Å²) in [4.78, 5) is 16.2. The molecule has 106 valence electrons. The normalized spacial score (nSPS) is 17.0. The number of anilines is 2. The van der Waals surface area contributed by atoms with Crippen molar-refractivity contribution in [1.82, 2.24) is 19.9 Å². The number of allylic oxidation sites excluding steroid dienone is 4. The van der Waals surface area contributed by atoms with Gasteiger partial charge in [-0.3, -0.25) is 4.98 Å². The highest BCUT2D eigenvalue weighted by Crippen LogP contribution is 2.27. The lowest BCUT2D eigenvalue weighted by Gasteiger charge is -2.14. The van der Waals surface area contributed by atoms with Crippen LogP contribution in [-0.2, 0) is 0 Å². The molecule has 7 heteroatoms. The van der Waals surface area contributed by atoms with E-state index < -0.39 is 5.82 Å². The van der Waals surface area contributed by atoms with Gasteiger partial charge in [0, 0.05) is 18.3 Å². The number of aromatic nitrogens is 4. The number of rotatable bonds is 3. The molecule has 1 unspecified atom stereocenters. The fourth-order valence-corrected chi connectivity index (χ4v) is 2.12. The maximum atomic E-state index is 14.0. The van der Waals surface area contributed by atoms with Crippen LogP contribution >= 0.6 is 11.6 Å². The van der Waals surface area contributed by atoms with Gasteiger partial charge in [0.1, 0.15) is 11.6 Å². The maximum absolute atomic E-state index is 14.0. The van der Waals surface area contributed by atoms with Gasteiger partial charge in [-0.05, 0) is 6.42 Å². The van der Waals surface area contributed by atoms with E-state index in [1.165, 1.54) is 18.6 Å². The molecule has 0 aromatic carbocycles. The first kappa shape index (κ1) is 13.6. The third-order valence-electron chi connectivity index (χ3n) is 2.95. The van der Waals surface area contributed by atoms with Gasteiger partial charge in [0.15, 0.2) is 11.0 Å². The lowest BCUT2D eigenvalue weighted by Crippen LogP contribution is -2.09. The van der Waals surface area contributed by atoms with Gasteiger partial charge in [-0.1, -0.05) is 35.9 Å². The quantitative estimate of drug-likeness (QED) is 0.880. The lowest BCUT2D eigenvalue weighted by atomic mass is 10.0. The molecule has 3 rings (SSSR count). The molecule has 1 N–H and O–H groups in total. The van der Waals surface area contributed by atoms with Crippen molar-refractivity contribution in [2.75, 3.05) is 5.32 Å². The first-order chi connectivity index (χ1) is 10.2. The topological polar surface area (TPSA) is 63.6 Å². The molecule has 2 heterocycles. The van der Waals surface area contributed by atoms with Crippen molar-refractivity contribution in [2.45, 2.75) is 12.3 Å². The zero-order chi connectivity index (χ0) is 14.7. The molecule has 2 aromatic heterocycles. The molecule has 0 radical (unpaired) electrons. The predicted molar refractivity (Wildman–Crippen MR) is 78.0 cm³/mol. The van der Waals surface area contributed by atoms with Gasteiger partial charge in [0.2, 0.25) is 5.82 Å². The number of hydrogen-bond acceptors (Lipinski definition) is 5. The Bertz CT molecular complexity index is 702. The van der Waals surface area contributed by atoms with Crippen molar-refractivity contribution in [2.24, 2.45) is 0 Å². The fourth-order valence-electron chi connectivity index (χ4n) is 1.94. The molecule has 0 bridgehead atoms. The van der Waals surface area contributed by atoms with Crippen molar-refractivity contribution >= 4 is 23.2 Å². The second-order valence-electron chi connectivity index (χ2n) is 4.41. The number of nitrogens with zero attached hydrogens (tertiary/aromatic N) is 4. The second-order valence-corrected chi connectivity index (χ2v) is 4.76. The van der Waals surface area contributed by atoms with Gasteiger partial charge in [-0.15, -0.1) is 0 Å². The van der Waals surface area contributed by atoms with E-state index in [0.29, 0.717) is 11.6 Å². The smallest absolute Gasteiger partial charge is 0.203 e. The minimum Gasteiger partial charge on any atom is -0.321 e. The third-order valence-corrected chi connectivity index (χ3v) is 3.20. The fraction of sp³-hybridized carbons (Fsp3) is 0.143. The van der Waals surface area contributed by atoms with Gasteiger partial charge >= 0.3 is 0 Å². The molecule has 2 aromatic rings. The zero-order valence-electron chi connectivity index (χ0n) is 10.9. The molecule has 0 saturated heterocycles. The predicted octanol–water partition coefficient (Wildman–Crippen LogP) is 3.40. The minimum atomic E-state index is -0.707. The van der Waals surface area contributed by atoms with E-state index in [4.69, 9.17) is 11.6 Å². The van der Waals surface area contributed by atoms with E-state index in [1.54, 1.807) is 0 Å². The summed E-state index contributed by atoms with van der Waals surface area (Å²) in [6.07, 6.45) is 13.1.